The van der Waals surface area contributed by atoms with Crippen molar-refractivity contribution in [2.75, 3.05) is 6.54 Å². The zero-order valence-electron chi connectivity index (χ0n) is 9.61. The van der Waals surface area contributed by atoms with Gasteiger partial charge < -0.3 is 5.32 Å². The van der Waals surface area contributed by atoms with Crippen molar-refractivity contribution >= 4 is 23.5 Å². The molecule has 0 aliphatic carbocycles. The highest BCUT2D eigenvalue weighted by Crippen LogP contribution is 2.33. The van der Waals surface area contributed by atoms with Gasteiger partial charge in [-0.2, -0.15) is 5.26 Å². The van der Waals surface area contributed by atoms with Crippen molar-refractivity contribution in [2.24, 2.45) is 0 Å². The molecule has 1 heterocycles. The van der Waals surface area contributed by atoms with Gasteiger partial charge in [0.1, 0.15) is 12.1 Å². The number of carbonyl (C=O) groups is 2. The molecule has 0 aromatic heterocycles. The topological polar surface area (TPSA) is 73.2 Å². The molecule has 1 aliphatic rings. The monoisotopic (exact) mass is 263 g/mol. The first-order valence-corrected chi connectivity index (χ1v) is 5.64. The van der Waals surface area contributed by atoms with Gasteiger partial charge in [0.2, 0.25) is 0 Å². The van der Waals surface area contributed by atoms with Crippen molar-refractivity contribution in [3.8, 4) is 6.07 Å². The molecule has 92 valence electrons. The number of hydrogen-bond donors (Lipinski definition) is 1. The highest BCUT2D eigenvalue weighted by molar-refractivity contribution is 6.32. The summed E-state index contributed by atoms with van der Waals surface area (Å²) in [5, 5.41) is 11.6. The second kappa shape index (κ2) is 4.31. The number of amides is 3. The fourth-order valence-corrected chi connectivity index (χ4v) is 2.29. The maximum atomic E-state index is 12.2. The largest absolute Gasteiger partial charge is 0.326 e. The quantitative estimate of drug-likeness (QED) is 0.651. The molecule has 1 aromatic carbocycles. The van der Waals surface area contributed by atoms with E-state index in [-0.39, 0.29) is 6.54 Å². The van der Waals surface area contributed by atoms with Crippen LogP contribution in [0.25, 0.3) is 0 Å². The second-order valence-corrected chi connectivity index (χ2v) is 4.49. The van der Waals surface area contributed by atoms with Crippen molar-refractivity contribution in [3.05, 3.63) is 34.9 Å². The van der Waals surface area contributed by atoms with Gasteiger partial charge in [-0.15, -0.1) is 0 Å². The molecule has 1 saturated heterocycles. The third-order valence-corrected chi connectivity index (χ3v) is 3.25. The van der Waals surface area contributed by atoms with Gasteiger partial charge in [0.25, 0.3) is 5.91 Å². The summed E-state index contributed by atoms with van der Waals surface area (Å²) in [5.41, 5.74) is -0.697. The van der Waals surface area contributed by atoms with Gasteiger partial charge >= 0.3 is 6.03 Å². The van der Waals surface area contributed by atoms with Gasteiger partial charge in [0.15, 0.2) is 0 Å². The molecule has 18 heavy (non-hydrogen) atoms. The van der Waals surface area contributed by atoms with Gasteiger partial charge in [0, 0.05) is 10.6 Å². The van der Waals surface area contributed by atoms with Crippen LogP contribution >= 0.6 is 11.6 Å². The third kappa shape index (κ3) is 1.71. The number of hydrogen-bond acceptors (Lipinski definition) is 3. The Morgan fingerprint density at radius 1 is 1.44 bits per heavy atom. The lowest BCUT2D eigenvalue weighted by atomic mass is 9.92. The lowest BCUT2D eigenvalue weighted by molar-refractivity contribution is -0.130. The zero-order valence-corrected chi connectivity index (χ0v) is 10.4. The molecular formula is C12H10ClN3O2. The number of imide groups is 1. The molecule has 1 aliphatic heterocycles. The molecule has 0 unspecified atom stereocenters. The number of nitrogens with zero attached hydrogens (tertiary/aromatic N) is 2. The Labute approximate surface area is 109 Å². The maximum absolute atomic E-state index is 12.2. The number of halogens is 1. The number of benzene rings is 1. The van der Waals surface area contributed by atoms with E-state index in [4.69, 9.17) is 16.9 Å². The number of urea groups is 1. The van der Waals surface area contributed by atoms with Crippen LogP contribution < -0.4 is 5.32 Å². The third-order valence-electron chi connectivity index (χ3n) is 2.92. The minimum atomic E-state index is -1.22. The average Bonchev–Trinajstić information content (AvgIpc) is 2.55. The second-order valence-electron chi connectivity index (χ2n) is 4.08. The lowest BCUT2D eigenvalue weighted by Gasteiger charge is -2.22. The van der Waals surface area contributed by atoms with Gasteiger partial charge in [-0.25, -0.2) is 9.69 Å². The Balaban J connectivity index is 2.46. The van der Waals surface area contributed by atoms with Crippen LogP contribution in [0, 0.1) is 11.3 Å². The molecule has 0 radical (unpaired) electrons. The minimum Gasteiger partial charge on any atom is -0.319 e. The highest BCUT2D eigenvalue weighted by Gasteiger charge is 2.49. The van der Waals surface area contributed by atoms with E-state index >= 15 is 0 Å². The van der Waals surface area contributed by atoms with Crippen molar-refractivity contribution in [2.45, 2.75) is 12.5 Å². The van der Waals surface area contributed by atoms with Crippen LogP contribution in [0.1, 0.15) is 12.5 Å². The standard InChI is InChI=1S/C12H10ClN3O2/c1-12(8-4-2-3-5-9(8)13)10(17)16(7-6-14)11(18)15-12/h2-5H,7H2,1H3,(H,15,18)/t12-/m0/s1. The van der Waals surface area contributed by atoms with E-state index in [9.17, 15) is 9.59 Å². The van der Waals surface area contributed by atoms with Crippen LogP contribution in [-0.4, -0.2) is 23.4 Å². The summed E-state index contributed by atoms with van der Waals surface area (Å²) in [6, 6.07) is 8.00. The molecule has 1 fully saturated rings. The predicted octanol–water partition coefficient (Wildman–Crippen LogP) is 1.63. The Morgan fingerprint density at radius 3 is 2.72 bits per heavy atom. The molecule has 3 amide bonds. The SMILES string of the molecule is C[C@@]1(c2ccccc2Cl)NC(=O)N(CC#N)C1=O. The lowest BCUT2D eigenvalue weighted by Crippen LogP contribution is -2.41. The number of nitrogens with one attached hydrogen (secondary N) is 1. The summed E-state index contributed by atoms with van der Waals surface area (Å²) in [5.74, 6) is -0.470. The van der Waals surface area contributed by atoms with Crippen LogP contribution in [0.3, 0.4) is 0 Å². The molecule has 0 spiro atoms. The van der Waals surface area contributed by atoms with E-state index in [1.54, 1.807) is 37.3 Å². The van der Waals surface area contributed by atoms with Gasteiger partial charge in [-0.05, 0) is 13.0 Å². The van der Waals surface area contributed by atoms with E-state index < -0.39 is 17.5 Å². The molecule has 1 aromatic rings. The normalized spacial score (nSPS) is 22.8. The number of carbonyl (C=O) groups excluding carboxylic acids is 2. The number of nitriles is 1. The molecule has 2 rings (SSSR count). The van der Waals surface area contributed by atoms with Gasteiger partial charge in [-0.3, -0.25) is 4.79 Å². The van der Waals surface area contributed by atoms with Crippen LogP contribution in [-0.2, 0) is 10.3 Å². The van der Waals surface area contributed by atoms with Crippen molar-refractivity contribution in [3.63, 3.8) is 0 Å². The van der Waals surface area contributed by atoms with E-state index in [0.717, 1.165) is 4.90 Å². The van der Waals surface area contributed by atoms with Crippen LogP contribution in [0.5, 0.6) is 0 Å². The summed E-state index contributed by atoms with van der Waals surface area (Å²) in [7, 11) is 0. The van der Waals surface area contributed by atoms with E-state index in [1.807, 2.05) is 0 Å². The molecule has 0 saturated carbocycles. The molecule has 6 heteroatoms. The molecule has 1 atom stereocenters. The summed E-state index contributed by atoms with van der Waals surface area (Å²) in [4.78, 5) is 24.8. The average molecular weight is 264 g/mol. The van der Waals surface area contributed by atoms with Crippen molar-refractivity contribution < 1.29 is 9.59 Å². The minimum absolute atomic E-state index is 0.273. The Hall–Kier alpha value is -2.06. The Bertz CT molecular complexity index is 567. The first-order chi connectivity index (χ1) is 8.50. The van der Waals surface area contributed by atoms with Crippen molar-refractivity contribution in [1.82, 2.24) is 10.2 Å². The fourth-order valence-electron chi connectivity index (χ4n) is 1.96. The predicted molar refractivity (Wildman–Crippen MR) is 64.7 cm³/mol. The molecule has 0 bridgehead atoms. The zero-order chi connectivity index (χ0) is 13.3. The van der Waals surface area contributed by atoms with Gasteiger partial charge in [-0.1, -0.05) is 29.8 Å². The summed E-state index contributed by atoms with van der Waals surface area (Å²) in [6.07, 6.45) is 0. The molecular weight excluding hydrogens is 254 g/mol. The summed E-state index contributed by atoms with van der Waals surface area (Å²) < 4.78 is 0. The van der Waals surface area contributed by atoms with E-state index in [0.29, 0.717) is 10.6 Å². The smallest absolute Gasteiger partial charge is 0.319 e. The van der Waals surface area contributed by atoms with Crippen LogP contribution in [0.2, 0.25) is 5.02 Å². The van der Waals surface area contributed by atoms with Crippen molar-refractivity contribution in [1.29, 1.82) is 5.26 Å². The number of rotatable bonds is 2. The summed E-state index contributed by atoms with van der Waals surface area (Å²) >= 11 is 6.04. The first-order valence-electron chi connectivity index (χ1n) is 5.27. The Morgan fingerprint density at radius 2 is 2.11 bits per heavy atom. The molecule has 1 N–H and O–H groups in total. The maximum Gasteiger partial charge on any atom is 0.326 e. The molecule has 5 nitrogen and oxygen atoms in total. The fraction of sp³-hybridized carbons (Fsp3) is 0.250. The van der Waals surface area contributed by atoms with E-state index in [1.165, 1.54) is 0 Å². The van der Waals surface area contributed by atoms with E-state index in [2.05, 4.69) is 5.32 Å². The Kier molecular flexibility index (Phi) is 2.97. The van der Waals surface area contributed by atoms with Gasteiger partial charge in [0.05, 0.1) is 6.07 Å². The highest BCUT2D eigenvalue weighted by atomic mass is 35.5. The summed E-state index contributed by atoms with van der Waals surface area (Å²) in [6.45, 7) is 1.30. The van der Waals surface area contributed by atoms with Crippen LogP contribution in [0.4, 0.5) is 4.79 Å². The van der Waals surface area contributed by atoms with Crippen LogP contribution in [0.15, 0.2) is 24.3 Å². The first kappa shape index (κ1) is 12.4.